The van der Waals surface area contributed by atoms with Gasteiger partial charge in [0.15, 0.2) is 0 Å². The lowest BCUT2D eigenvalue weighted by atomic mass is 10.0. The monoisotopic (exact) mass is 361 g/mol. The van der Waals surface area contributed by atoms with Crippen LogP contribution < -0.4 is 0 Å². The summed E-state index contributed by atoms with van der Waals surface area (Å²) < 4.78 is 1.06. The minimum absolute atomic E-state index is 0.984. The molecule has 2 aromatic carbocycles. The van der Waals surface area contributed by atoms with Crippen molar-refractivity contribution < 1.29 is 0 Å². The van der Waals surface area contributed by atoms with E-state index in [4.69, 9.17) is 4.98 Å². The van der Waals surface area contributed by atoms with Crippen LogP contribution in [0.5, 0.6) is 0 Å². The molecule has 0 saturated carbocycles. The van der Waals surface area contributed by atoms with Gasteiger partial charge in [-0.15, -0.1) is 0 Å². The lowest BCUT2D eigenvalue weighted by Crippen LogP contribution is -1.87. The van der Waals surface area contributed by atoms with Gasteiger partial charge in [-0.25, -0.2) is 4.98 Å². The van der Waals surface area contributed by atoms with Crippen LogP contribution in [-0.2, 0) is 0 Å². The van der Waals surface area contributed by atoms with Crippen molar-refractivity contribution in [3.8, 4) is 11.3 Å². The number of benzene rings is 2. The first-order valence-electron chi connectivity index (χ1n) is 7.44. The van der Waals surface area contributed by atoms with Crippen LogP contribution in [0.15, 0.2) is 65.4 Å². The van der Waals surface area contributed by atoms with Gasteiger partial charge in [-0.2, -0.15) is 0 Å². The summed E-state index contributed by atoms with van der Waals surface area (Å²) in [5, 5.41) is 3.55. The maximum absolute atomic E-state index is 4.93. The van der Waals surface area contributed by atoms with Gasteiger partial charge < -0.3 is 9.97 Å². The van der Waals surface area contributed by atoms with E-state index in [1.807, 2.05) is 18.5 Å². The molecule has 23 heavy (non-hydrogen) atoms. The SMILES string of the molecule is Brc1ccc2c(-c3nc4ccccc4c4cc[nH]c34)c[nH]c2c1. The first-order valence-corrected chi connectivity index (χ1v) is 8.23. The third-order valence-corrected chi connectivity index (χ3v) is 4.80. The predicted molar refractivity (Wildman–Crippen MR) is 98.6 cm³/mol. The molecule has 2 N–H and O–H groups in total. The summed E-state index contributed by atoms with van der Waals surface area (Å²) in [5.74, 6) is 0. The molecule has 3 aromatic heterocycles. The second-order valence-electron chi connectivity index (χ2n) is 5.64. The van der Waals surface area contributed by atoms with E-state index in [-0.39, 0.29) is 0 Å². The van der Waals surface area contributed by atoms with Crippen LogP contribution in [0.4, 0.5) is 0 Å². The third-order valence-electron chi connectivity index (χ3n) is 4.31. The van der Waals surface area contributed by atoms with Crippen molar-refractivity contribution >= 4 is 48.6 Å². The zero-order chi connectivity index (χ0) is 15.4. The highest BCUT2D eigenvalue weighted by molar-refractivity contribution is 9.10. The molecule has 3 heterocycles. The lowest BCUT2D eigenvalue weighted by Gasteiger charge is -2.06. The van der Waals surface area contributed by atoms with Crippen molar-refractivity contribution in [1.82, 2.24) is 15.0 Å². The average Bonchev–Trinajstić information content (AvgIpc) is 3.21. The van der Waals surface area contributed by atoms with E-state index in [9.17, 15) is 0 Å². The number of nitrogens with zero attached hydrogens (tertiary/aromatic N) is 1. The predicted octanol–water partition coefficient (Wildman–Crippen LogP) is 5.63. The molecule has 5 aromatic rings. The maximum atomic E-state index is 4.93. The molecule has 4 heteroatoms. The Kier molecular flexibility index (Phi) is 2.64. The van der Waals surface area contributed by atoms with E-state index >= 15 is 0 Å². The molecule has 0 spiro atoms. The van der Waals surface area contributed by atoms with Gasteiger partial charge in [-0.1, -0.05) is 40.2 Å². The second-order valence-corrected chi connectivity index (χ2v) is 6.55. The summed E-state index contributed by atoms with van der Waals surface area (Å²) in [4.78, 5) is 11.6. The molecule has 0 aliphatic carbocycles. The number of para-hydroxylation sites is 1. The number of aromatic nitrogens is 3. The van der Waals surface area contributed by atoms with Crippen LogP contribution in [0.1, 0.15) is 0 Å². The van der Waals surface area contributed by atoms with Crippen LogP contribution >= 0.6 is 15.9 Å². The van der Waals surface area contributed by atoms with Gasteiger partial charge >= 0.3 is 0 Å². The number of halogens is 1. The van der Waals surface area contributed by atoms with E-state index in [2.05, 4.69) is 68.4 Å². The summed E-state index contributed by atoms with van der Waals surface area (Å²) >= 11 is 3.52. The summed E-state index contributed by atoms with van der Waals surface area (Å²) in [6.45, 7) is 0. The molecule has 0 amide bonds. The highest BCUT2D eigenvalue weighted by Crippen LogP contribution is 2.35. The summed E-state index contributed by atoms with van der Waals surface area (Å²) in [6.07, 6.45) is 4.02. The number of pyridine rings is 1. The molecule has 0 unspecified atom stereocenters. The van der Waals surface area contributed by atoms with Crippen molar-refractivity contribution in [2.75, 3.05) is 0 Å². The number of nitrogens with one attached hydrogen (secondary N) is 2. The van der Waals surface area contributed by atoms with Gasteiger partial charge in [0.1, 0.15) is 0 Å². The summed E-state index contributed by atoms with van der Waals surface area (Å²) in [5.41, 5.74) is 5.29. The van der Waals surface area contributed by atoms with Crippen LogP contribution in [0.2, 0.25) is 0 Å². The number of aromatic amines is 2. The number of H-pyrrole nitrogens is 2. The number of hydrogen-bond acceptors (Lipinski definition) is 1. The molecule has 0 atom stereocenters. The highest BCUT2D eigenvalue weighted by atomic mass is 79.9. The fraction of sp³-hybridized carbons (Fsp3) is 0. The molecule has 3 nitrogen and oxygen atoms in total. The topological polar surface area (TPSA) is 44.5 Å². The van der Waals surface area contributed by atoms with Crippen LogP contribution in [0, 0.1) is 0 Å². The first kappa shape index (κ1) is 12.9. The first-order chi connectivity index (χ1) is 11.3. The Bertz CT molecular complexity index is 1180. The fourth-order valence-corrected chi connectivity index (χ4v) is 3.62. The van der Waals surface area contributed by atoms with Crippen molar-refractivity contribution in [2.45, 2.75) is 0 Å². The van der Waals surface area contributed by atoms with E-state index in [1.54, 1.807) is 0 Å². The minimum atomic E-state index is 0.984. The zero-order valence-electron chi connectivity index (χ0n) is 12.1. The largest absolute Gasteiger partial charge is 0.360 e. The quantitative estimate of drug-likeness (QED) is 0.399. The standard InChI is InChI=1S/C19H12BrN3/c20-11-5-6-13-15(10-22-17(13)9-11)19-18-14(7-8-21-18)12-3-1-2-4-16(12)23-19/h1-10,21-22H. The van der Waals surface area contributed by atoms with Crippen LogP contribution in [-0.4, -0.2) is 15.0 Å². The fourth-order valence-electron chi connectivity index (χ4n) is 3.25. The van der Waals surface area contributed by atoms with E-state index in [0.29, 0.717) is 0 Å². The van der Waals surface area contributed by atoms with E-state index in [1.165, 1.54) is 16.2 Å². The molecule has 5 rings (SSSR count). The average molecular weight is 362 g/mol. The van der Waals surface area contributed by atoms with Crippen molar-refractivity contribution in [2.24, 2.45) is 0 Å². The maximum Gasteiger partial charge on any atom is 0.0971 e. The van der Waals surface area contributed by atoms with Gasteiger partial charge in [0.25, 0.3) is 0 Å². The summed E-state index contributed by atoms with van der Waals surface area (Å²) in [6, 6.07) is 16.7. The van der Waals surface area contributed by atoms with Gasteiger partial charge in [0, 0.05) is 44.1 Å². The Morgan fingerprint density at radius 2 is 1.78 bits per heavy atom. The Morgan fingerprint density at radius 3 is 2.74 bits per heavy atom. The summed E-state index contributed by atoms with van der Waals surface area (Å²) in [7, 11) is 0. The minimum Gasteiger partial charge on any atom is -0.360 e. The second kappa shape index (κ2) is 4.70. The van der Waals surface area contributed by atoms with Gasteiger partial charge in [-0.05, 0) is 24.3 Å². The van der Waals surface area contributed by atoms with E-state index < -0.39 is 0 Å². The molecule has 0 radical (unpaired) electrons. The highest BCUT2D eigenvalue weighted by Gasteiger charge is 2.14. The Balaban J connectivity index is 1.92. The number of rotatable bonds is 1. The van der Waals surface area contributed by atoms with Gasteiger partial charge in [0.05, 0.1) is 16.7 Å². The normalized spacial score (nSPS) is 11.7. The number of hydrogen-bond donors (Lipinski definition) is 2. The Morgan fingerprint density at radius 1 is 0.870 bits per heavy atom. The van der Waals surface area contributed by atoms with Crippen LogP contribution in [0.3, 0.4) is 0 Å². The molecular formula is C19H12BrN3. The number of fused-ring (bicyclic) bond motifs is 4. The van der Waals surface area contributed by atoms with E-state index in [0.717, 1.165) is 32.3 Å². The molecule has 0 fully saturated rings. The molecule has 0 aliphatic rings. The van der Waals surface area contributed by atoms with Gasteiger partial charge in [-0.3, -0.25) is 0 Å². The third kappa shape index (κ3) is 1.85. The smallest absolute Gasteiger partial charge is 0.0971 e. The molecule has 0 bridgehead atoms. The van der Waals surface area contributed by atoms with Gasteiger partial charge in [0.2, 0.25) is 0 Å². The van der Waals surface area contributed by atoms with Crippen molar-refractivity contribution in [3.05, 3.63) is 65.4 Å². The lowest BCUT2D eigenvalue weighted by molar-refractivity contribution is 1.38. The van der Waals surface area contributed by atoms with Crippen LogP contribution in [0.25, 0.3) is 44.0 Å². The Hall–Kier alpha value is -2.59. The molecule has 0 aliphatic heterocycles. The van der Waals surface area contributed by atoms with Crippen molar-refractivity contribution in [1.29, 1.82) is 0 Å². The molecule has 0 saturated heterocycles. The Labute approximate surface area is 140 Å². The molecule has 110 valence electrons. The van der Waals surface area contributed by atoms with Crippen molar-refractivity contribution in [3.63, 3.8) is 0 Å². The zero-order valence-corrected chi connectivity index (χ0v) is 13.7. The molecular weight excluding hydrogens is 350 g/mol.